The number of phosphoric ester groups is 1. The molecule has 2 atom stereocenters. The summed E-state index contributed by atoms with van der Waals surface area (Å²) in [6.45, 7) is 3.35. The zero-order valence-electron chi connectivity index (χ0n) is 46.2. The molecule has 416 valence electrons. The maximum absolute atomic E-state index is 12.7. The van der Waals surface area contributed by atoms with Crippen molar-refractivity contribution in [3.8, 4) is 0 Å². The van der Waals surface area contributed by atoms with Gasteiger partial charge in [-0.25, -0.2) is 4.57 Å². The summed E-state index contributed by atoms with van der Waals surface area (Å²) in [7, 11) is -4.43. The maximum atomic E-state index is 12.7. The van der Waals surface area contributed by atoms with E-state index < -0.39 is 32.5 Å². The van der Waals surface area contributed by atoms with Crippen LogP contribution in [0.2, 0.25) is 0 Å². The largest absolute Gasteiger partial charge is 0.472 e. The van der Waals surface area contributed by atoms with E-state index in [0.29, 0.717) is 12.8 Å². The van der Waals surface area contributed by atoms with Crippen LogP contribution in [-0.4, -0.2) is 49.3 Å². The van der Waals surface area contributed by atoms with Gasteiger partial charge in [0.1, 0.15) is 6.61 Å². The van der Waals surface area contributed by atoms with Crippen molar-refractivity contribution >= 4 is 19.8 Å². The summed E-state index contributed by atoms with van der Waals surface area (Å²) in [6, 6.07) is 0. The molecule has 2 unspecified atom stereocenters. The second kappa shape index (κ2) is 58.1. The molecule has 0 saturated carbocycles. The van der Waals surface area contributed by atoms with Crippen LogP contribution in [0.1, 0.15) is 168 Å². The highest BCUT2D eigenvalue weighted by molar-refractivity contribution is 7.47. The predicted molar refractivity (Wildman–Crippen MR) is 320 cm³/mol. The second-order valence-corrected chi connectivity index (χ2v) is 18.8. The highest BCUT2D eigenvalue weighted by atomic mass is 31.2. The minimum atomic E-state index is -4.43. The Balaban J connectivity index is 4.21. The molecule has 3 N–H and O–H groups in total. The number of carbonyl (C=O) groups is 2. The average molecular weight is 1050 g/mol. The maximum Gasteiger partial charge on any atom is 0.472 e. The molecule has 9 nitrogen and oxygen atoms in total. The first-order valence-corrected chi connectivity index (χ1v) is 29.4. The van der Waals surface area contributed by atoms with Crippen LogP contribution in [0.5, 0.6) is 0 Å². The molecule has 0 aliphatic rings. The van der Waals surface area contributed by atoms with E-state index in [1.807, 2.05) is 12.2 Å². The number of ether oxygens (including phenoxy) is 2. The highest BCUT2D eigenvalue weighted by Crippen LogP contribution is 2.43. The van der Waals surface area contributed by atoms with E-state index in [4.69, 9.17) is 24.3 Å². The van der Waals surface area contributed by atoms with Gasteiger partial charge < -0.3 is 20.1 Å². The van der Waals surface area contributed by atoms with Crippen LogP contribution in [0.25, 0.3) is 0 Å². The van der Waals surface area contributed by atoms with Gasteiger partial charge in [-0.05, 0) is 128 Å². The lowest BCUT2D eigenvalue weighted by Gasteiger charge is -2.19. The van der Waals surface area contributed by atoms with Gasteiger partial charge in [0.15, 0.2) is 6.10 Å². The molecule has 0 rings (SSSR count). The fraction of sp³-hybridized carbons (Fsp3) is 0.477. The van der Waals surface area contributed by atoms with E-state index in [1.54, 1.807) is 0 Å². The topological polar surface area (TPSA) is 134 Å². The van der Waals surface area contributed by atoms with Crippen molar-refractivity contribution in [1.82, 2.24) is 0 Å². The van der Waals surface area contributed by atoms with Crippen LogP contribution in [-0.2, 0) is 32.7 Å². The first-order valence-electron chi connectivity index (χ1n) is 27.9. The number of phosphoric acid groups is 1. The molecule has 0 aliphatic heterocycles. The SMILES string of the molecule is CC/C=C\C/C=C\C/C=C\C/C=C\C/C=C\C/C=C\C/C=C\C/C=C\C/C=C\C/C=C\CCCCCCC(=O)OC(COC(=O)CC/C=C\C/C=C\C/C=C\C/C=C\C/C=C\C/C=C\CC)COP(=O)(O)OCCN. The summed E-state index contributed by atoms with van der Waals surface area (Å²) in [5, 5.41) is 0. The summed E-state index contributed by atoms with van der Waals surface area (Å²) in [5.41, 5.74) is 5.37. The van der Waals surface area contributed by atoms with E-state index >= 15 is 0 Å². The van der Waals surface area contributed by atoms with Crippen LogP contribution in [0.4, 0.5) is 0 Å². The molecule has 0 aromatic heterocycles. The molecule has 0 spiro atoms. The third kappa shape index (κ3) is 58.0. The summed E-state index contributed by atoms with van der Waals surface area (Å²) < 4.78 is 32.8. The van der Waals surface area contributed by atoms with Gasteiger partial charge in [-0.3, -0.25) is 18.6 Å². The number of rotatable bonds is 49. The van der Waals surface area contributed by atoms with Gasteiger partial charge >= 0.3 is 19.8 Å². The van der Waals surface area contributed by atoms with Crippen LogP contribution < -0.4 is 5.73 Å². The molecule has 10 heteroatoms. The first-order chi connectivity index (χ1) is 36.8. The number of nitrogens with two attached hydrogens (primary N) is 1. The predicted octanol–water partition coefficient (Wildman–Crippen LogP) is 17.8. The quantitative estimate of drug-likeness (QED) is 0.0264. The molecule has 0 aromatic rings. The third-order valence-corrected chi connectivity index (χ3v) is 11.5. The molecule has 0 saturated heterocycles. The van der Waals surface area contributed by atoms with Gasteiger partial charge in [0, 0.05) is 19.4 Å². The van der Waals surface area contributed by atoms with Gasteiger partial charge in [0.25, 0.3) is 0 Å². The zero-order valence-corrected chi connectivity index (χ0v) is 47.1. The number of hydrogen-bond donors (Lipinski definition) is 2. The van der Waals surface area contributed by atoms with Gasteiger partial charge in [-0.15, -0.1) is 0 Å². The summed E-state index contributed by atoms with van der Waals surface area (Å²) in [6.07, 6.45) is 89.2. The minimum Gasteiger partial charge on any atom is -0.462 e. The Bertz CT molecular complexity index is 1920. The fourth-order valence-corrected chi connectivity index (χ4v) is 7.22. The summed E-state index contributed by atoms with van der Waals surface area (Å²) in [4.78, 5) is 35.1. The van der Waals surface area contributed by atoms with Gasteiger partial charge in [0.2, 0.25) is 0 Å². The van der Waals surface area contributed by atoms with Crippen molar-refractivity contribution < 1.29 is 37.6 Å². The number of esters is 2. The van der Waals surface area contributed by atoms with Crippen molar-refractivity contribution in [2.75, 3.05) is 26.4 Å². The molecule has 75 heavy (non-hydrogen) atoms. The minimum absolute atomic E-state index is 0.0274. The Morgan fingerprint density at radius 1 is 0.400 bits per heavy atom. The van der Waals surface area contributed by atoms with E-state index in [0.717, 1.165) is 128 Å². The number of allylic oxidation sites excluding steroid dienone is 32. The van der Waals surface area contributed by atoms with E-state index in [-0.39, 0.29) is 32.6 Å². The lowest BCUT2D eigenvalue weighted by Crippen LogP contribution is -2.29. The Hall–Kier alpha value is -5.15. The Morgan fingerprint density at radius 2 is 0.720 bits per heavy atom. The average Bonchev–Trinajstić information content (AvgIpc) is 3.40. The molecule has 0 aliphatic carbocycles. The van der Waals surface area contributed by atoms with Gasteiger partial charge in [-0.1, -0.05) is 221 Å². The van der Waals surface area contributed by atoms with Crippen molar-refractivity contribution in [2.24, 2.45) is 5.73 Å². The summed E-state index contributed by atoms with van der Waals surface area (Å²) >= 11 is 0. The van der Waals surface area contributed by atoms with Gasteiger partial charge in [0.05, 0.1) is 13.2 Å². The zero-order chi connectivity index (χ0) is 54.5. The van der Waals surface area contributed by atoms with Gasteiger partial charge in [-0.2, -0.15) is 0 Å². The molecular weight excluding hydrogens is 954 g/mol. The van der Waals surface area contributed by atoms with Crippen molar-refractivity contribution in [2.45, 2.75) is 174 Å². The second-order valence-electron chi connectivity index (χ2n) is 17.3. The van der Waals surface area contributed by atoms with Crippen LogP contribution in [0.3, 0.4) is 0 Å². The number of hydrogen-bond acceptors (Lipinski definition) is 8. The monoisotopic (exact) mass is 1050 g/mol. The fourth-order valence-electron chi connectivity index (χ4n) is 6.45. The van der Waals surface area contributed by atoms with E-state index in [1.165, 1.54) is 0 Å². The Kier molecular flexibility index (Phi) is 54.1. The Morgan fingerprint density at radius 3 is 1.07 bits per heavy atom. The lowest BCUT2D eigenvalue weighted by molar-refractivity contribution is -0.161. The normalized spacial score (nSPS) is 14.6. The Labute approximate surface area is 456 Å². The molecule has 0 aromatic carbocycles. The highest BCUT2D eigenvalue weighted by Gasteiger charge is 2.26. The number of carbonyl (C=O) groups excluding carboxylic acids is 2. The summed E-state index contributed by atoms with van der Waals surface area (Å²) in [5.74, 6) is -0.976. The van der Waals surface area contributed by atoms with Crippen LogP contribution >= 0.6 is 7.82 Å². The van der Waals surface area contributed by atoms with E-state index in [2.05, 4.69) is 196 Å². The lowest BCUT2D eigenvalue weighted by atomic mass is 10.1. The third-order valence-electron chi connectivity index (χ3n) is 10.5. The molecule has 0 amide bonds. The smallest absolute Gasteiger partial charge is 0.462 e. The molecule has 0 bridgehead atoms. The van der Waals surface area contributed by atoms with Crippen molar-refractivity contribution in [1.29, 1.82) is 0 Å². The van der Waals surface area contributed by atoms with Crippen molar-refractivity contribution in [3.05, 3.63) is 194 Å². The first kappa shape index (κ1) is 69.8. The van der Waals surface area contributed by atoms with Crippen LogP contribution in [0.15, 0.2) is 194 Å². The van der Waals surface area contributed by atoms with E-state index in [9.17, 15) is 19.0 Å². The van der Waals surface area contributed by atoms with Crippen LogP contribution in [0, 0.1) is 0 Å². The molecular formula is C65H98NO8P. The molecule has 0 fully saturated rings. The standard InChI is InChI=1S/C65H98NO8P/c1-3-5-7-9-11-13-15-17-19-21-23-24-25-26-27-28-29-30-31-32-33-34-35-36-37-38-40-42-44-46-48-50-52-54-56-58-65(68)74-63(62-73-75(69,70)72-60-59-66)61-71-64(67)57-55-53-51-49-47-45-43-41-39-22-20-18-16-14-12-10-8-6-4-2/h5-8,11-14,17-20,23-24,26-27,29-30,32-33,35-36,38-41,44-47,51,53,63H,3-4,9-10,15-16,21-22,25,28,31,34,37,42-43,48-50,52,54-62,66H2,1-2H3,(H,69,70)/b7-5-,8-6-,13-11-,14-12-,19-17-,20-18-,24-23-,27-26-,30-29-,33-32-,36-35-,40-38-,41-39-,46-44-,47-45-,53-51-. The molecule has 0 heterocycles. The molecule has 0 radical (unpaired) electrons. The number of unbranched alkanes of at least 4 members (excludes halogenated alkanes) is 4. The van der Waals surface area contributed by atoms with Crippen molar-refractivity contribution in [3.63, 3.8) is 0 Å².